The molecule has 2 rings (SSSR count). The molecule has 1 aromatic carbocycles. The van der Waals surface area contributed by atoms with Gasteiger partial charge in [-0.3, -0.25) is 0 Å². The first kappa shape index (κ1) is 13.9. The number of nitrogens with zero attached hydrogens (tertiary/aromatic N) is 1. The van der Waals surface area contributed by atoms with E-state index in [4.69, 9.17) is 14.6 Å². The number of aliphatic carboxylic acids is 1. The van der Waals surface area contributed by atoms with Crippen molar-refractivity contribution >= 4 is 18.1 Å². The molecule has 1 aliphatic heterocycles. The number of benzene rings is 1. The van der Waals surface area contributed by atoms with Crippen LogP contribution in [0.3, 0.4) is 0 Å². The van der Waals surface area contributed by atoms with Crippen LogP contribution in [0.1, 0.15) is 5.56 Å². The maximum atomic E-state index is 11.2. The van der Waals surface area contributed by atoms with Crippen molar-refractivity contribution in [2.75, 3.05) is 26.3 Å². The van der Waals surface area contributed by atoms with Crippen LogP contribution in [0.15, 0.2) is 30.3 Å². The second kappa shape index (κ2) is 6.60. The molecule has 0 unspecified atom stereocenters. The number of carbonyl (C=O) groups excluding carboxylic acids is 1. The largest absolute Gasteiger partial charge is 0.492 e. The van der Waals surface area contributed by atoms with Gasteiger partial charge in [0.15, 0.2) is 0 Å². The lowest BCUT2D eigenvalue weighted by molar-refractivity contribution is -0.131. The number of carboxylic acid groups (broad SMARTS) is 1. The molecule has 1 heterocycles. The Bertz CT molecular complexity index is 509. The molecule has 0 aromatic heterocycles. The van der Waals surface area contributed by atoms with Crippen LogP contribution >= 0.6 is 0 Å². The summed E-state index contributed by atoms with van der Waals surface area (Å²) in [6.45, 7) is 1.91. The van der Waals surface area contributed by atoms with E-state index in [9.17, 15) is 9.59 Å². The van der Waals surface area contributed by atoms with Gasteiger partial charge >= 0.3 is 12.1 Å². The van der Waals surface area contributed by atoms with Crippen molar-refractivity contribution in [3.63, 3.8) is 0 Å². The molecule has 0 saturated carbocycles. The van der Waals surface area contributed by atoms with Crippen molar-refractivity contribution in [3.05, 3.63) is 35.9 Å². The molecule has 0 bridgehead atoms. The average molecular weight is 277 g/mol. The number of carbonyl (C=O) groups is 2. The maximum absolute atomic E-state index is 11.2. The molecule has 0 atom stereocenters. The summed E-state index contributed by atoms with van der Waals surface area (Å²) in [5, 5.41) is 8.52. The Labute approximate surface area is 116 Å². The highest BCUT2D eigenvalue weighted by Crippen LogP contribution is 2.13. The standard InChI is InChI=1S/C14H15NO5/c16-13(17)6-3-11-1-4-12(5-2-11)19-9-7-15-8-10-20-14(15)18/h1-6H,7-10H2,(H,16,17). The molecule has 20 heavy (non-hydrogen) atoms. The summed E-state index contributed by atoms with van der Waals surface area (Å²) in [7, 11) is 0. The second-order valence-corrected chi connectivity index (χ2v) is 4.19. The minimum absolute atomic E-state index is 0.303. The highest BCUT2D eigenvalue weighted by molar-refractivity contribution is 5.85. The van der Waals surface area contributed by atoms with E-state index in [-0.39, 0.29) is 6.09 Å². The molecule has 1 aliphatic rings. The number of ether oxygens (including phenoxy) is 2. The molecule has 6 heteroatoms. The van der Waals surface area contributed by atoms with Gasteiger partial charge in [-0.25, -0.2) is 9.59 Å². The Morgan fingerprint density at radius 3 is 2.75 bits per heavy atom. The zero-order chi connectivity index (χ0) is 14.4. The number of carboxylic acids is 1. The van der Waals surface area contributed by atoms with Crippen LogP contribution in [-0.4, -0.2) is 48.4 Å². The van der Waals surface area contributed by atoms with Crippen molar-refractivity contribution < 1.29 is 24.2 Å². The fourth-order valence-corrected chi connectivity index (χ4v) is 1.75. The van der Waals surface area contributed by atoms with Gasteiger partial charge in [-0.1, -0.05) is 12.1 Å². The van der Waals surface area contributed by atoms with Crippen LogP contribution in [0, 0.1) is 0 Å². The molecule has 106 valence electrons. The SMILES string of the molecule is O=C(O)C=Cc1ccc(OCCN2CCOC2=O)cc1. The summed E-state index contributed by atoms with van der Waals surface area (Å²) in [5.41, 5.74) is 0.780. The Kier molecular flexibility index (Phi) is 4.60. The van der Waals surface area contributed by atoms with Gasteiger partial charge < -0.3 is 19.5 Å². The monoisotopic (exact) mass is 277 g/mol. The van der Waals surface area contributed by atoms with Gasteiger partial charge in [0, 0.05) is 6.08 Å². The van der Waals surface area contributed by atoms with Crippen molar-refractivity contribution in [1.82, 2.24) is 4.90 Å². The molecule has 6 nitrogen and oxygen atoms in total. The van der Waals surface area contributed by atoms with Gasteiger partial charge in [0.1, 0.15) is 19.0 Å². The molecule has 0 radical (unpaired) electrons. The molecule has 1 saturated heterocycles. The fraction of sp³-hybridized carbons (Fsp3) is 0.286. The molecule has 1 N–H and O–H groups in total. The normalized spacial score (nSPS) is 14.6. The van der Waals surface area contributed by atoms with Gasteiger partial charge in [0.2, 0.25) is 0 Å². The van der Waals surface area contributed by atoms with E-state index >= 15 is 0 Å². The predicted octanol–water partition coefficient (Wildman–Crippen LogP) is 1.62. The van der Waals surface area contributed by atoms with Gasteiger partial charge in [-0.2, -0.15) is 0 Å². The van der Waals surface area contributed by atoms with E-state index in [2.05, 4.69) is 0 Å². The van der Waals surface area contributed by atoms with Gasteiger partial charge in [-0.05, 0) is 23.8 Å². The van der Waals surface area contributed by atoms with Crippen LogP contribution in [-0.2, 0) is 9.53 Å². The highest BCUT2D eigenvalue weighted by atomic mass is 16.6. The lowest BCUT2D eigenvalue weighted by Gasteiger charge is -2.13. The van der Waals surface area contributed by atoms with Gasteiger partial charge in [0.25, 0.3) is 0 Å². The predicted molar refractivity (Wildman–Crippen MR) is 71.5 cm³/mol. The third-order valence-corrected chi connectivity index (χ3v) is 2.77. The summed E-state index contributed by atoms with van der Waals surface area (Å²) in [6.07, 6.45) is 2.28. The average Bonchev–Trinajstić information content (AvgIpc) is 2.83. The topological polar surface area (TPSA) is 76.1 Å². The van der Waals surface area contributed by atoms with Crippen LogP contribution in [0.2, 0.25) is 0 Å². The third-order valence-electron chi connectivity index (χ3n) is 2.77. The van der Waals surface area contributed by atoms with E-state index in [1.54, 1.807) is 29.2 Å². The molecule has 1 fully saturated rings. The Hall–Kier alpha value is -2.50. The molecule has 1 aromatic rings. The van der Waals surface area contributed by atoms with Gasteiger partial charge in [0.05, 0.1) is 13.1 Å². The lowest BCUT2D eigenvalue weighted by Crippen LogP contribution is -2.29. The summed E-state index contributed by atoms with van der Waals surface area (Å²) < 4.78 is 10.3. The van der Waals surface area contributed by atoms with Crippen LogP contribution in [0.25, 0.3) is 6.08 Å². The van der Waals surface area contributed by atoms with E-state index in [0.29, 0.717) is 32.1 Å². The number of amides is 1. The smallest absolute Gasteiger partial charge is 0.410 e. The summed E-state index contributed by atoms with van der Waals surface area (Å²) in [6, 6.07) is 7.03. The van der Waals surface area contributed by atoms with E-state index in [0.717, 1.165) is 11.6 Å². The van der Waals surface area contributed by atoms with Crippen molar-refractivity contribution in [1.29, 1.82) is 0 Å². The molecular weight excluding hydrogens is 262 g/mol. The fourth-order valence-electron chi connectivity index (χ4n) is 1.75. The number of hydrogen-bond acceptors (Lipinski definition) is 4. The van der Waals surface area contributed by atoms with E-state index in [1.807, 2.05) is 0 Å². The zero-order valence-electron chi connectivity index (χ0n) is 10.8. The summed E-state index contributed by atoms with van der Waals surface area (Å²) in [4.78, 5) is 23.1. The van der Waals surface area contributed by atoms with Crippen LogP contribution in [0.4, 0.5) is 4.79 Å². The molecular formula is C14H15NO5. The number of cyclic esters (lactones) is 1. The Morgan fingerprint density at radius 1 is 1.40 bits per heavy atom. The second-order valence-electron chi connectivity index (χ2n) is 4.19. The quantitative estimate of drug-likeness (QED) is 0.799. The van der Waals surface area contributed by atoms with E-state index < -0.39 is 5.97 Å². The van der Waals surface area contributed by atoms with Gasteiger partial charge in [-0.15, -0.1) is 0 Å². The molecule has 0 spiro atoms. The zero-order valence-corrected chi connectivity index (χ0v) is 10.8. The molecule has 1 amide bonds. The highest BCUT2D eigenvalue weighted by Gasteiger charge is 2.21. The van der Waals surface area contributed by atoms with Crippen molar-refractivity contribution in [3.8, 4) is 5.75 Å². The summed E-state index contributed by atoms with van der Waals surface area (Å²) in [5.74, 6) is -0.312. The van der Waals surface area contributed by atoms with Crippen molar-refractivity contribution in [2.24, 2.45) is 0 Å². The lowest BCUT2D eigenvalue weighted by atomic mass is 10.2. The number of rotatable bonds is 6. The van der Waals surface area contributed by atoms with Crippen LogP contribution < -0.4 is 4.74 Å². The minimum atomic E-state index is -0.983. The Morgan fingerprint density at radius 2 is 2.15 bits per heavy atom. The first-order chi connectivity index (χ1) is 9.65. The third kappa shape index (κ3) is 4.01. The summed E-state index contributed by atoms with van der Waals surface area (Å²) >= 11 is 0. The molecule has 0 aliphatic carbocycles. The first-order valence-corrected chi connectivity index (χ1v) is 6.21. The minimum Gasteiger partial charge on any atom is -0.492 e. The Balaban J connectivity index is 1.79. The van der Waals surface area contributed by atoms with Crippen LogP contribution in [0.5, 0.6) is 5.75 Å². The van der Waals surface area contributed by atoms with Crippen molar-refractivity contribution in [2.45, 2.75) is 0 Å². The maximum Gasteiger partial charge on any atom is 0.410 e. The van der Waals surface area contributed by atoms with E-state index in [1.165, 1.54) is 6.08 Å². The first-order valence-electron chi connectivity index (χ1n) is 6.21. The number of hydrogen-bond donors (Lipinski definition) is 1.